The van der Waals surface area contributed by atoms with Gasteiger partial charge in [0.15, 0.2) is 0 Å². The Bertz CT molecular complexity index is 426. The number of thiocarbonyl (C=S) groups is 1. The van der Waals surface area contributed by atoms with Crippen LogP contribution in [0.5, 0.6) is 0 Å². The predicted octanol–water partition coefficient (Wildman–Crippen LogP) is 1.01. The molecule has 1 aliphatic rings. The van der Waals surface area contributed by atoms with Crippen LogP contribution in [-0.2, 0) is 4.79 Å². The van der Waals surface area contributed by atoms with Gasteiger partial charge in [0, 0.05) is 17.3 Å². The molecule has 0 atom stereocenters. The molecule has 1 aromatic rings. The Morgan fingerprint density at radius 2 is 2.00 bits per heavy atom. The Hall–Kier alpha value is -1.62. The van der Waals surface area contributed by atoms with E-state index in [1.54, 1.807) is 0 Å². The van der Waals surface area contributed by atoms with Crippen LogP contribution in [0.4, 0.5) is 5.69 Å². The fraction of sp³-hybridized carbons (Fsp3) is 0.333. The van der Waals surface area contributed by atoms with Crippen molar-refractivity contribution in [3.63, 3.8) is 0 Å². The summed E-state index contributed by atoms with van der Waals surface area (Å²) in [7, 11) is 0. The fourth-order valence-electron chi connectivity index (χ4n) is 1.44. The standard InChI is InChI=1S/C12H15N3OS/c13-12(17)8-1-3-9(4-2-8)14-7-11(16)15-10-5-6-10/h1-4,10,14H,5-7H2,(H2,13,17)(H,15,16). The second-order valence-corrected chi connectivity index (χ2v) is 4.58. The van der Waals surface area contributed by atoms with Gasteiger partial charge in [0.05, 0.1) is 6.54 Å². The lowest BCUT2D eigenvalue weighted by atomic mass is 10.2. The van der Waals surface area contributed by atoms with Crippen LogP contribution in [0.1, 0.15) is 18.4 Å². The molecule has 1 aromatic carbocycles. The molecule has 5 heteroatoms. The molecule has 4 N–H and O–H groups in total. The van der Waals surface area contributed by atoms with E-state index in [9.17, 15) is 4.79 Å². The highest BCUT2D eigenvalue weighted by Crippen LogP contribution is 2.18. The Kier molecular flexibility index (Phi) is 3.58. The smallest absolute Gasteiger partial charge is 0.239 e. The van der Waals surface area contributed by atoms with Crippen LogP contribution in [0.25, 0.3) is 0 Å². The molecule has 0 heterocycles. The minimum atomic E-state index is 0.0333. The van der Waals surface area contributed by atoms with Crippen LogP contribution < -0.4 is 16.4 Å². The van der Waals surface area contributed by atoms with E-state index in [2.05, 4.69) is 10.6 Å². The third kappa shape index (κ3) is 3.71. The number of hydrogen-bond donors (Lipinski definition) is 3. The molecule has 0 unspecified atom stereocenters. The Morgan fingerprint density at radius 1 is 1.35 bits per heavy atom. The van der Waals surface area contributed by atoms with E-state index in [-0.39, 0.29) is 5.91 Å². The highest BCUT2D eigenvalue weighted by molar-refractivity contribution is 7.80. The van der Waals surface area contributed by atoms with Gasteiger partial charge >= 0.3 is 0 Å². The van der Waals surface area contributed by atoms with Gasteiger partial charge in [0.2, 0.25) is 5.91 Å². The molecule has 0 bridgehead atoms. The molecule has 0 aromatic heterocycles. The zero-order valence-corrected chi connectivity index (χ0v) is 10.2. The molecule has 90 valence electrons. The third-order valence-electron chi connectivity index (χ3n) is 2.56. The quantitative estimate of drug-likeness (QED) is 0.681. The average Bonchev–Trinajstić information content (AvgIpc) is 3.11. The fourth-order valence-corrected chi connectivity index (χ4v) is 1.58. The van der Waals surface area contributed by atoms with Crippen molar-refractivity contribution in [2.24, 2.45) is 5.73 Å². The van der Waals surface area contributed by atoms with Gasteiger partial charge in [-0.3, -0.25) is 4.79 Å². The van der Waals surface area contributed by atoms with Crippen LogP contribution in [0.3, 0.4) is 0 Å². The second-order valence-electron chi connectivity index (χ2n) is 4.14. The number of carbonyl (C=O) groups is 1. The topological polar surface area (TPSA) is 67.1 Å². The van der Waals surface area contributed by atoms with Gasteiger partial charge in [-0.2, -0.15) is 0 Å². The maximum atomic E-state index is 11.4. The van der Waals surface area contributed by atoms with Crippen LogP contribution in [-0.4, -0.2) is 23.5 Å². The zero-order chi connectivity index (χ0) is 12.3. The van der Waals surface area contributed by atoms with Crippen molar-refractivity contribution in [3.8, 4) is 0 Å². The Morgan fingerprint density at radius 3 is 2.53 bits per heavy atom. The SMILES string of the molecule is NC(=S)c1ccc(NCC(=O)NC2CC2)cc1. The molecule has 4 nitrogen and oxygen atoms in total. The lowest BCUT2D eigenvalue weighted by Crippen LogP contribution is -2.31. The van der Waals surface area contributed by atoms with Crippen LogP contribution in [0, 0.1) is 0 Å². The van der Waals surface area contributed by atoms with Gasteiger partial charge in [-0.05, 0) is 37.1 Å². The Balaban J connectivity index is 1.81. The molecule has 2 rings (SSSR count). The number of hydrogen-bond acceptors (Lipinski definition) is 3. The molecule has 1 aliphatic carbocycles. The summed E-state index contributed by atoms with van der Waals surface area (Å²) in [5.74, 6) is 0.0333. The predicted molar refractivity (Wildman–Crippen MR) is 72.0 cm³/mol. The van der Waals surface area contributed by atoms with Crippen LogP contribution in [0.15, 0.2) is 24.3 Å². The molecule has 0 aliphatic heterocycles. The number of nitrogens with two attached hydrogens (primary N) is 1. The number of rotatable bonds is 5. The summed E-state index contributed by atoms with van der Waals surface area (Å²) in [6.07, 6.45) is 2.21. The lowest BCUT2D eigenvalue weighted by Gasteiger charge is -2.07. The molecular weight excluding hydrogens is 234 g/mol. The second kappa shape index (κ2) is 5.14. The van der Waals surface area contributed by atoms with Crippen LogP contribution >= 0.6 is 12.2 Å². The monoisotopic (exact) mass is 249 g/mol. The largest absolute Gasteiger partial charge is 0.389 e. The minimum absolute atomic E-state index is 0.0333. The van der Waals surface area contributed by atoms with E-state index in [0.29, 0.717) is 17.6 Å². The van der Waals surface area contributed by atoms with Crippen molar-refractivity contribution in [3.05, 3.63) is 29.8 Å². The van der Waals surface area contributed by atoms with E-state index in [4.69, 9.17) is 18.0 Å². The summed E-state index contributed by atoms with van der Waals surface area (Å²) in [5.41, 5.74) is 7.21. The lowest BCUT2D eigenvalue weighted by molar-refractivity contribution is -0.119. The first-order valence-corrected chi connectivity index (χ1v) is 5.99. The number of nitrogens with one attached hydrogen (secondary N) is 2. The number of amides is 1. The molecule has 0 spiro atoms. The molecule has 1 fully saturated rings. The van der Waals surface area contributed by atoms with Crippen molar-refractivity contribution in [2.75, 3.05) is 11.9 Å². The van der Waals surface area contributed by atoms with E-state index in [1.807, 2.05) is 24.3 Å². The highest BCUT2D eigenvalue weighted by Gasteiger charge is 2.22. The summed E-state index contributed by atoms with van der Waals surface area (Å²) in [5, 5.41) is 5.96. The van der Waals surface area contributed by atoms with Gasteiger partial charge in [-0.15, -0.1) is 0 Å². The van der Waals surface area contributed by atoms with Gasteiger partial charge < -0.3 is 16.4 Å². The first-order chi connectivity index (χ1) is 8.15. The summed E-state index contributed by atoms with van der Waals surface area (Å²) in [4.78, 5) is 11.8. The molecule has 1 amide bonds. The summed E-state index contributed by atoms with van der Waals surface area (Å²) in [6, 6.07) is 7.80. The molecule has 17 heavy (non-hydrogen) atoms. The minimum Gasteiger partial charge on any atom is -0.389 e. The van der Waals surface area contributed by atoms with Crippen molar-refractivity contribution < 1.29 is 4.79 Å². The van der Waals surface area contributed by atoms with Crippen molar-refractivity contribution >= 4 is 28.8 Å². The molecule has 0 radical (unpaired) electrons. The average molecular weight is 249 g/mol. The Labute approximate surface area is 106 Å². The van der Waals surface area contributed by atoms with Crippen molar-refractivity contribution in [1.82, 2.24) is 5.32 Å². The first kappa shape index (κ1) is 11.9. The van der Waals surface area contributed by atoms with E-state index in [0.717, 1.165) is 24.1 Å². The highest BCUT2D eigenvalue weighted by atomic mass is 32.1. The van der Waals surface area contributed by atoms with Crippen molar-refractivity contribution in [1.29, 1.82) is 0 Å². The number of benzene rings is 1. The maximum Gasteiger partial charge on any atom is 0.239 e. The van der Waals surface area contributed by atoms with Gasteiger partial charge in [-0.25, -0.2) is 0 Å². The number of carbonyl (C=O) groups excluding carboxylic acids is 1. The van der Waals surface area contributed by atoms with E-state index in [1.165, 1.54) is 0 Å². The molecule has 1 saturated carbocycles. The van der Waals surface area contributed by atoms with E-state index >= 15 is 0 Å². The molecular formula is C12H15N3OS. The third-order valence-corrected chi connectivity index (χ3v) is 2.80. The summed E-state index contributed by atoms with van der Waals surface area (Å²) >= 11 is 4.86. The molecule has 0 saturated heterocycles. The van der Waals surface area contributed by atoms with Gasteiger partial charge in [0.1, 0.15) is 4.99 Å². The first-order valence-electron chi connectivity index (χ1n) is 5.58. The maximum absolute atomic E-state index is 11.4. The van der Waals surface area contributed by atoms with Gasteiger partial charge in [-0.1, -0.05) is 12.2 Å². The summed E-state index contributed by atoms with van der Waals surface area (Å²) < 4.78 is 0. The van der Waals surface area contributed by atoms with Crippen molar-refractivity contribution in [2.45, 2.75) is 18.9 Å². The normalized spacial score (nSPS) is 14.1. The van der Waals surface area contributed by atoms with E-state index < -0.39 is 0 Å². The summed E-state index contributed by atoms with van der Waals surface area (Å²) in [6.45, 7) is 0.295. The van der Waals surface area contributed by atoms with Gasteiger partial charge in [0.25, 0.3) is 0 Å². The van der Waals surface area contributed by atoms with Crippen LogP contribution in [0.2, 0.25) is 0 Å². The zero-order valence-electron chi connectivity index (χ0n) is 9.40. The number of anilines is 1.